The molecule has 0 spiro atoms. The Bertz CT molecular complexity index is 200. The molecule has 4 nitrogen and oxygen atoms in total. The number of hydrogen-bond acceptors (Lipinski definition) is 3. The molecule has 1 aliphatic heterocycles. The van der Waals surface area contributed by atoms with E-state index in [0.29, 0.717) is 12.5 Å². The first kappa shape index (κ1) is 11.5. The summed E-state index contributed by atoms with van der Waals surface area (Å²) in [4.78, 5) is 15.6. The standard InChI is InChI=1S/C10H21N3O/c1-8(2)12(3)10(14)7-13-5-9(4-11)6-13/h8-9H,4-7,11H2,1-3H3. The van der Waals surface area contributed by atoms with Gasteiger partial charge in [0.2, 0.25) is 5.91 Å². The molecule has 1 heterocycles. The fraction of sp³-hybridized carbons (Fsp3) is 0.900. The largest absolute Gasteiger partial charge is 0.342 e. The van der Waals surface area contributed by atoms with Gasteiger partial charge in [0.25, 0.3) is 0 Å². The number of nitrogens with two attached hydrogens (primary N) is 1. The Kier molecular flexibility index (Phi) is 3.89. The molecule has 1 aliphatic rings. The third-order valence-electron chi connectivity index (χ3n) is 2.89. The van der Waals surface area contributed by atoms with E-state index < -0.39 is 0 Å². The SMILES string of the molecule is CC(C)N(C)C(=O)CN1CC(CN)C1. The van der Waals surface area contributed by atoms with Crippen LogP contribution in [0.1, 0.15) is 13.8 Å². The fourth-order valence-electron chi connectivity index (χ4n) is 1.55. The molecule has 0 aliphatic carbocycles. The lowest BCUT2D eigenvalue weighted by atomic mass is 10.0. The zero-order valence-electron chi connectivity index (χ0n) is 9.36. The topological polar surface area (TPSA) is 49.6 Å². The van der Waals surface area contributed by atoms with Gasteiger partial charge < -0.3 is 10.6 Å². The predicted molar refractivity (Wildman–Crippen MR) is 56.9 cm³/mol. The van der Waals surface area contributed by atoms with Gasteiger partial charge in [-0.1, -0.05) is 0 Å². The molecule has 2 N–H and O–H groups in total. The van der Waals surface area contributed by atoms with Gasteiger partial charge in [0, 0.05) is 26.2 Å². The molecule has 0 radical (unpaired) electrons. The normalized spacial score (nSPS) is 18.4. The summed E-state index contributed by atoms with van der Waals surface area (Å²) in [6.45, 7) is 7.30. The minimum absolute atomic E-state index is 0.204. The Morgan fingerprint density at radius 2 is 2.14 bits per heavy atom. The molecule has 0 aromatic carbocycles. The first-order chi connectivity index (χ1) is 6.54. The number of likely N-dealkylation sites (N-methyl/N-ethyl adjacent to an activating group) is 1. The van der Waals surface area contributed by atoms with Crippen molar-refractivity contribution in [3.05, 3.63) is 0 Å². The van der Waals surface area contributed by atoms with Crippen LogP contribution in [0.4, 0.5) is 0 Å². The van der Waals surface area contributed by atoms with Crippen LogP contribution < -0.4 is 5.73 Å². The molecule has 0 aromatic rings. The van der Waals surface area contributed by atoms with E-state index in [-0.39, 0.29) is 11.9 Å². The predicted octanol–water partition coefficient (Wildman–Crippen LogP) is -0.256. The maximum absolute atomic E-state index is 11.6. The van der Waals surface area contributed by atoms with Crippen LogP contribution in [-0.2, 0) is 4.79 Å². The molecule has 82 valence electrons. The molecule has 4 heteroatoms. The van der Waals surface area contributed by atoms with Crippen molar-refractivity contribution in [2.75, 3.05) is 33.2 Å². The maximum atomic E-state index is 11.6. The quantitative estimate of drug-likeness (QED) is 0.679. The zero-order chi connectivity index (χ0) is 10.7. The van der Waals surface area contributed by atoms with E-state index in [1.54, 1.807) is 4.90 Å². The van der Waals surface area contributed by atoms with Crippen molar-refractivity contribution in [3.63, 3.8) is 0 Å². The van der Waals surface area contributed by atoms with Crippen LogP contribution in [-0.4, -0.2) is 55.0 Å². The second-order valence-electron chi connectivity index (χ2n) is 4.39. The first-order valence-corrected chi connectivity index (χ1v) is 5.22. The number of carbonyl (C=O) groups excluding carboxylic acids is 1. The highest BCUT2D eigenvalue weighted by Gasteiger charge is 2.27. The van der Waals surface area contributed by atoms with E-state index in [0.717, 1.165) is 19.6 Å². The lowest BCUT2D eigenvalue weighted by molar-refractivity contribution is -0.134. The highest BCUT2D eigenvalue weighted by Crippen LogP contribution is 2.13. The highest BCUT2D eigenvalue weighted by molar-refractivity contribution is 5.78. The average molecular weight is 199 g/mol. The van der Waals surface area contributed by atoms with Crippen molar-refractivity contribution in [1.29, 1.82) is 0 Å². The summed E-state index contributed by atoms with van der Waals surface area (Å²) in [5, 5.41) is 0. The van der Waals surface area contributed by atoms with Crippen LogP contribution in [0.3, 0.4) is 0 Å². The third kappa shape index (κ3) is 2.69. The molecule has 0 saturated carbocycles. The third-order valence-corrected chi connectivity index (χ3v) is 2.89. The molecule has 0 unspecified atom stereocenters. The van der Waals surface area contributed by atoms with Crippen molar-refractivity contribution >= 4 is 5.91 Å². The van der Waals surface area contributed by atoms with Gasteiger partial charge in [-0.2, -0.15) is 0 Å². The van der Waals surface area contributed by atoms with Gasteiger partial charge in [-0.3, -0.25) is 9.69 Å². The van der Waals surface area contributed by atoms with Crippen LogP contribution >= 0.6 is 0 Å². The minimum atomic E-state index is 0.204. The van der Waals surface area contributed by atoms with Crippen molar-refractivity contribution in [2.24, 2.45) is 11.7 Å². The lowest BCUT2D eigenvalue weighted by Crippen LogP contribution is -2.53. The second kappa shape index (κ2) is 4.75. The summed E-state index contributed by atoms with van der Waals surface area (Å²) < 4.78 is 0. The summed E-state index contributed by atoms with van der Waals surface area (Å²) in [6.07, 6.45) is 0. The van der Waals surface area contributed by atoms with E-state index in [4.69, 9.17) is 5.73 Å². The molecule has 14 heavy (non-hydrogen) atoms. The number of carbonyl (C=O) groups is 1. The summed E-state index contributed by atoms with van der Waals surface area (Å²) in [7, 11) is 1.85. The van der Waals surface area contributed by atoms with Crippen LogP contribution in [0.25, 0.3) is 0 Å². The Hall–Kier alpha value is -0.610. The van der Waals surface area contributed by atoms with Gasteiger partial charge >= 0.3 is 0 Å². The molecule has 1 saturated heterocycles. The fourth-order valence-corrected chi connectivity index (χ4v) is 1.55. The van der Waals surface area contributed by atoms with Crippen molar-refractivity contribution < 1.29 is 4.79 Å². The van der Waals surface area contributed by atoms with Crippen LogP contribution in [0.5, 0.6) is 0 Å². The van der Waals surface area contributed by atoms with E-state index in [1.165, 1.54) is 0 Å². The van der Waals surface area contributed by atoms with Gasteiger partial charge in [0.05, 0.1) is 6.54 Å². The number of nitrogens with zero attached hydrogens (tertiary/aromatic N) is 2. The van der Waals surface area contributed by atoms with Gasteiger partial charge in [0.15, 0.2) is 0 Å². The van der Waals surface area contributed by atoms with Crippen molar-refractivity contribution in [2.45, 2.75) is 19.9 Å². The smallest absolute Gasteiger partial charge is 0.236 e. The molecule has 1 rings (SSSR count). The molecule has 1 amide bonds. The second-order valence-corrected chi connectivity index (χ2v) is 4.39. The number of amides is 1. The Morgan fingerprint density at radius 1 is 1.57 bits per heavy atom. The van der Waals surface area contributed by atoms with Crippen molar-refractivity contribution in [3.8, 4) is 0 Å². The summed E-state index contributed by atoms with van der Waals surface area (Å²) in [5.41, 5.74) is 5.51. The molecular weight excluding hydrogens is 178 g/mol. The van der Waals surface area contributed by atoms with Gasteiger partial charge in [-0.15, -0.1) is 0 Å². The van der Waals surface area contributed by atoms with Crippen LogP contribution in [0, 0.1) is 5.92 Å². The van der Waals surface area contributed by atoms with Gasteiger partial charge in [0.1, 0.15) is 0 Å². The monoisotopic (exact) mass is 199 g/mol. The summed E-state index contributed by atoms with van der Waals surface area (Å²) in [5.74, 6) is 0.808. The summed E-state index contributed by atoms with van der Waals surface area (Å²) in [6, 6.07) is 0.286. The molecule has 0 aromatic heterocycles. The van der Waals surface area contributed by atoms with Crippen LogP contribution in [0.15, 0.2) is 0 Å². The number of hydrogen-bond donors (Lipinski definition) is 1. The minimum Gasteiger partial charge on any atom is -0.342 e. The molecular formula is C10H21N3O. The first-order valence-electron chi connectivity index (χ1n) is 5.22. The Balaban J connectivity index is 2.22. The van der Waals surface area contributed by atoms with Gasteiger partial charge in [-0.25, -0.2) is 0 Å². The zero-order valence-corrected chi connectivity index (χ0v) is 9.36. The van der Waals surface area contributed by atoms with E-state index in [1.807, 2.05) is 20.9 Å². The molecule has 0 atom stereocenters. The van der Waals surface area contributed by atoms with E-state index >= 15 is 0 Å². The highest BCUT2D eigenvalue weighted by atomic mass is 16.2. The lowest BCUT2D eigenvalue weighted by Gasteiger charge is -2.39. The average Bonchev–Trinajstić information content (AvgIpc) is 2.08. The Labute approximate surface area is 86.0 Å². The Morgan fingerprint density at radius 3 is 2.57 bits per heavy atom. The molecule has 1 fully saturated rings. The molecule has 0 bridgehead atoms. The number of rotatable bonds is 4. The summed E-state index contributed by atoms with van der Waals surface area (Å²) >= 11 is 0. The maximum Gasteiger partial charge on any atom is 0.236 e. The van der Waals surface area contributed by atoms with Gasteiger partial charge in [-0.05, 0) is 26.3 Å². The number of likely N-dealkylation sites (tertiary alicyclic amines) is 1. The van der Waals surface area contributed by atoms with Crippen LogP contribution in [0.2, 0.25) is 0 Å². The van der Waals surface area contributed by atoms with Crippen molar-refractivity contribution in [1.82, 2.24) is 9.80 Å². The van der Waals surface area contributed by atoms with E-state index in [9.17, 15) is 4.79 Å². The van der Waals surface area contributed by atoms with E-state index in [2.05, 4.69) is 4.90 Å².